The van der Waals surface area contributed by atoms with Gasteiger partial charge in [0.25, 0.3) is 0 Å². The molecule has 2 N–H and O–H groups in total. The van der Waals surface area contributed by atoms with Crippen molar-refractivity contribution in [2.45, 2.75) is 31.7 Å². The van der Waals surface area contributed by atoms with Crippen LogP contribution in [0.15, 0.2) is 24.3 Å². The zero-order chi connectivity index (χ0) is 13.5. The molecule has 0 radical (unpaired) electrons. The van der Waals surface area contributed by atoms with E-state index in [0.29, 0.717) is 24.9 Å². The van der Waals surface area contributed by atoms with Crippen LogP contribution in [0.3, 0.4) is 0 Å². The van der Waals surface area contributed by atoms with Crippen LogP contribution in [0.25, 0.3) is 0 Å². The number of likely N-dealkylation sites (tertiary alicyclic amines) is 1. The second-order valence-electron chi connectivity index (χ2n) is 5.07. The van der Waals surface area contributed by atoms with Gasteiger partial charge < -0.3 is 10.5 Å². The lowest BCUT2D eigenvalue weighted by atomic mass is 10.1. The van der Waals surface area contributed by atoms with Gasteiger partial charge in [-0.1, -0.05) is 18.6 Å². The van der Waals surface area contributed by atoms with Crippen molar-refractivity contribution in [3.8, 4) is 5.75 Å². The van der Waals surface area contributed by atoms with Crippen molar-refractivity contribution in [2.75, 3.05) is 26.2 Å². The number of halogens is 1. The van der Waals surface area contributed by atoms with Gasteiger partial charge in [0.05, 0.1) is 0 Å². The lowest BCUT2D eigenvalue weighted by Gasteiger charge is -2.34. The van der Waals surface area contributed by atoms with Gasteiger partial charge in [0.15, 0.2) is 11.6 Å². The summed E-state index contributed by atoms with van der Waals surface area (Å²) in [7, 11) is 0. The van der Waals surface area contributed by atoms with E-state index >= 15 is 0 Å². The van der Waals surface area contributed by atoms with Crippen molar-refractivity contribution in [1.29, 1.82) is 0 Å². The molecular formula is C15H23FN2O. The van der Waals surface area contributed by atoms with Gasteiger partial charge in [0.1, 0.15) is 6.61 Å². The molecule has 3 nitrogen and oxygen atoms in total. The number of piperidine rings is 1. The minimum absolute atomic E-state index is 0.296. The summed E-state index contributed by atoms with van der Waals surface area (Å²) in [5.74, 6) is 0.0363. The average molecular weight is 266 g/mol. The molecule has 0 aliphatic carbocycles. The summed E-state index contributed by atoms with van der Waals surface area (Å²) in [6.07, 6.45) is 4.68. The summed E-state index contributed by atoms with van der Waals surface area (Å²) in [4.78, 5) is 2.43. The fraction of sp³-hybridized carbons (Fsp3) is 0.600. The maximum atomic E-state index is 13.5. The average Bonchev–Trinajstić information content (AvgIpc) is 2.46. The summed E-state index contributed by atoms with van der Waals surface area (Å²) in [5.41, 5.74) is 5.68. The van der Waals surface area contributed by atoms with Crippen LogP contribution in [-0.4, -0.2) is 37.2 Å². The summed E-state index contributed by atoms with van der Waals surface area (Å²) < 4.78 is 19.1. The van der Waals surface area contributed by atoms with Crippen LogP contribution in [0.1, 0.15) is 25.7 Å². The summed E-state index contributed by atoms with van der Waals surface area (Å²) in [6, 6.07) is 6.85. The minimum Gasteiger partial charge on any atom is -0.489 e. The molecule has 0 amide bonds. The molecule has 1 aromatic rings. The first-order valence-electron chi connectivity index (χ1n) is 7.12. The summed E-state index contributed by atoms with van der Waals surface area (Å²) in [6.45, 7) is 3.36. The lowest BCUT2D eigenvalue weighted by molar-refractivity contribution is 0.107. The van der Waals surface area contributed by atoms with Crippen LogP contribution in [0.5, 0.6) is 5.75 Å². The SMILES string of the molecule is NCCC(COc1ccccc1F)N1CCCCC1. The Balaban J connectivity index is 1.91. The Morgan fingerprint density at radius 2 is 1.95 bits per heavy atom. The van der Waals surface area contributed by atoms with Crippen LogP contribution in [0.4, 0.5) is 4.39 Å². The van der Waals surface area contributed by atoms with Crippen molar-refractivity contribution in [2.24, 2.45) is 5.73 Å². The molecule has 1 fully saturated rings. The molecule has 1 atom stereocenters. The number of rotatable bonds is 6. The zero-order valence-corrected chi connectivity index (χ0v) is 11.4. The Labute approximate surface area is 114 Å². The number of benzene rings is 1. The Bertz CT molecular complexity index is 380. The Kier molecular flexibility index (Phi) is 5.61. The molecule has 0 aromatic heterocycles. The summed E-state index contributed by atoms with van der Waals surface area (Å²) in [5, 5.41) is 0. The molecule has 4 heteroatoms. The van der Waals surface area contributed by atoms with E-state index in [1.807, 2.05) is 0 Å². The quantitative estimate of drug-likeness (QED) is 0.859. The Morgan fingerprint density at radius 1 is 1.21 bits per heavy atom. The lowest BCUT2D eigenvalue weighted by Crippen LogP contribution is -2.43. The maximum absolute atomic E-state index is 13.5. The van der Waals surface area contributed by atoms with E-state index in [9.17, 15) is 4.39 Å². The van der Waals surface area contributed by atoms with Gasteiger partial charge in [-0.2, -0.15) is 0 Å². The first-order valence-corrected chi connectivity index (χ1v) is 7.12. The highest BCUT2D eigenvalue weighted by atomic mass is 19.1. The number of ether oxygens (including phenoxy) is 1. The molecule has 0 spiro atoms. The molecule has 2 rings (SSSR count). The number of hydrogen-bond donors (Lipinski definition) is 1. The van der Waals surface area contributed by atoms with Crippen molar-refractivity contribution in [1.82, 2.24) is 4.90 Å². The second-order valence-corrected chi connectivity index (χ2v) is 5.07. The molecule has 1 aliphatic rings. The van der Waals surface area contributed by atoms with Gasteiger partial charge in [-0.15, -0.1) is 0 Å². The van der Waals surface area contributed by atoms with E-state index in [1.54, 1.807) is 18.2 Å². The van der Waals surface area contributed by atoms with Crippen LogP contribution in [0.2, 0.25) is 0 Å². The molecule has 1 aliphatic heterocycles. The van der Waals surface area contributed by atoms with Gasteiger partial charge in [0.2, 0.25) is 0 Å². The molecule has 0 bridgehead atoms. The molecule has 1 aromatic carbocycles. The van der Waals surface area contributed by atoms with Crippen LogP contribution in [-0.2, 0) is 0 Å². The topological polar surface area (TPSA) is 38.5 Å². The monoisotopic (exact) mass is 266 g/mol. The normalized spacial score (nSPS) is 18.2. The highest BCUT2D eigenvalue weighted by Crippen LogP contribution is 2.18. The van der Waals surface area contributed by atoms with Gasteiger partial charge in [-0.3, -0.25) is 4.90 Å². The Hall–Kier alpha value is -1.13. The smallest absolute Gasteiger partial charge is 0.165 e. The standard InChI is InChI=1S/C15H23FN2O/c16-14-6-2-3-7-15(14)19-12-13(8-9-17)18-10-4-1-5-11-18/h2-3,6-7,13H,1,4-5,8-12,17H2. The third kappa shape index (κ3) is 4.18. The molecule has 19 heavy (non-hydrogen) atoms. The molecule has 1 unspecified atom stereocenters. The zero-order valence-electron chi connectivity index (χ0n) is 11.4. The van der Waals surface area contributed by atoms with E-state index in [-0.39, 0.29) is 5.82 Å². The largest absolute Gasteiger partial charge is 0.489 e. The van der Waals surface area contributed by atoms with Crippen molar-refractivity contribution >= 4 is 0 Å². The second kappa shape index (κ2) is 7.46. The van der Waals surface area contributed by atoms with Crippen molar-refractivity contribution in [3.05, 3.63) is 30.1 Å². The molecular weight excluding hydrogens is 243 g/mol. The molecule has 1 heterocycles. The first-order chi connectivity index (χ1) is 9.31. The van der Waals surface area contributed by atoms with Crippen molar-refractivity contribution in [3.63, 3.8) is 0 Å². The van der Waals surface area contributed by atoms with Gasteiger partial charge in [0, 0.05) is 6.04 Å². The number of nitrogens with zero attached hydrogens (tertiary/aromatic N) is 1. The fourth-order valence-corrected chi connectivity index (χ4v) is 2.59. The highest BCUT2D eigenvalue weighted by Gasteiger charge is 2.20. The van der Waals surface area contributed by atoms with Crippen LogP contribution in [0, 0.1) is 5.82 Å². The highest BCUT2D eigenvalue weighted by molar-refractivity contribution is 5.23. The number of hydrogen-bond acceptors (Lipinski definition) is 3. The predicted octanol–water partition coefficient (Wildman–Crippen LogP) is 2.41. The predicted molar refractivity (Wildman–Crippen MR) is 74.8 cm³/mol. The molecule has 0 saturated carbocycles. The van der Waals surface area contributed by atoms with E-state index in [0.717, 1.165) is 19.5 Å². The van der Waals surface area contributed by atoms with Gasteiger partial charge in [-0.25, -0.2) is 4.39 Å². The van der Waals surface area contributed by atoms with E-state index in [4.69, 9.17) is 10.5 Å². The van der Waals surface area contributed by atoms with E-state index in [2.05, 4.69) is 4.90 Å². The molecule has 1 saturated heterocycles. The number of para-hydroxylation sites is 1. The van der Waals surface area contributed by atoms with Gasteiger partial charge >= 0.3 is 0 Å². The maximum Gasteiger partial charge on any atom is 0.165 e. The van der Waals surface area contributed by atoms with Crippen molar-refractivity contribution < 1.29 is 9.13 Å². The van der Waals surface area contributed by atoms with Crippen LogP contribution < -0.4 is 10.5 Å². The first kappa shape index (κ1) is 14.3. The summed E-state index contributed by atoms with van der Waals surface area (Å²) >= 11 is 0. The minimum atomic E-state index is -0.298. The third-order valence-electron chi connectivity index (χ3n) is 3.67. The van der Waals surface area contributed by atoms with E-state index in [1.165, 1.54) is 25.3 Å². The fourth-order valence-electron chi connectivity index (χ4n) is 2.59. The third-order valence-corrected chi connectivity index (χ3v) is 3.67. The molecule has 106 valence electrons. The van der Waals surface area contributed by atoms with Gasteiger partial charge in [-0.05, 0) is 51.0 Å². The Morgan fingerprint density at radius 3 is 2.63 bits per heavy atom. The van der Waals surface area contributed by atoms with Crippen LogP contribution >= 0.6 is 0 Å². The number of nitrogens with two attached hydrogens (primary N) is 1. The van der Waals surface area contributed by atoms with E-state index < -0.39 is 0 Å².